The lowest BCUT2D eigenvalue weighted by Crippen LogP contribution is -2.18. The number of hydrogen-bond acceptors (Lipinski definition) is 1. The lowest BCUT2D eigenvalue weighted by atomic mass is 10.1. The van der Waals surface area contributed by atoms with Crippen molar-refractivity contribution in [3.8, 4) is 10.8 Å². The Morgan fingerprint density at radius 2 is 2.25 bits per heavy atom. The molecule has 0 saturated carbocycles. The van der Waals surface area contributed by atoms with Crippen LogP contribution in [0.3, 0.4) is 0 Å². The van der Waals surface area contributed by atoms with Crippen LogP contribution >= 0.6 is 15.9 Å². The summed E-state index contributed by atoms with van der Waals surface area (Å²) in [6.07, 6.45) is 0.658. The van der Waals surface area contributed by atoms with E-state index < -0.39 is 5.60 Å². The van der Waals surface area contributed by atoms with Gasteiger partial charge in [-0.25, -0.2) is 0 Å². The highest BCUT2D eigenvalue weighted by molar-refractivity contribution is 9.12. The average Bonchev–Trinajstić information content (AvgIpc) is 1.67. The molecule has 8 heavy (non-hydrogen) atoms. The molecule has 1 nitrogen and oxygen atoms in total. The molecule has 0 aliphatic rings. The number of hydrogen-bond donors (Lipinski definition) is 1. The lowest BCUT2D eigenvalue weighted by Gasteiger charge is -2.10. The summed E-state index contributed by atoms with van der Waals surface area (Å²) >= 11 is 2.90. The van der Waals surface area contributed by atoms with Gasteiger partial charge in [0, 0.05) is 15.9 Å². The fourth-order valence-corrected chi connectivity index (χ4v) is 0.617. The Morgan fingerprint density at radius 1 is 1.75 bits per heavy atom. The molecule has 0 fully saturated rings. The number of aliphatic hydroxyl groups is 1. The maximum atomic E-state index is 9.12. The van der Waals surface area contributed by atoms with Crippen molar-refractivity contribution in [1.82, 2.24) is 0 Å². The third-order valence-corrected chi connectivity index (χ3v) is 1.20. The van der Waals surface area contributed by atoms with Gasteiger partial charge in [0.25, 0.3) is 0 Å². The molecule has 0 rings (SSSR count). The molecular formula is C6H9BrO. The van der Waals surface area contributed by atoms with E-state index in [1.165, 1.54) is 0 Å². The van der Waals surface area contributed by atoms with Crippen LogP contribution < -0.4 is 0 Å². The maximum absolute atomic E-state index is 9.12. The van der Waals surface area contributed by atoms with Gasteiger partial charge in [0.05, 0.1) is 0 Å². The average molecular weight is 177 g/mol. The fraction of sp³-hybridized carbons (Fsp3) is 0.667. The van der Waals surface area contributed by atoms with Gasteiger partial charge in [0.2, 0.25) is 0 Å². The molecule has 2 heteroatoms. The van der Waals surface area contributed by atoms with Crippen LogP contribution in [-0.4, -0.2) is 10.7 Å². The van der Waals surface area contributed by atoms with Crippen molar-refractivity contribution >= 4 is 15.9 Å². The Bertz CT molecular complexity index is 118. The molecule has 0 saturated heterocycles. The Kier molecular flexibility index (Phi) is 3.11. The van der Waals surface area contributed by atoms with E-state index in [1.54, 1.807) is 6.92 Å². The van der Waals surface area contributed by atoms with Crippen LogP contribution in [-0.2, 0) is 0 Å². The minimum Gasteiger partial charge on any atom is -0.378 e. The largest absolute Gasteiger partial charge is 0.378 e. The summed E-state index contributed by atoms with van der Waals surface area (Å²) in [5.74, 6) is 2.59. The zero-order chi connectivity index (χ0) is 6.62. The molecule has 0 aliphatic carbocycles. The minimum atomic E-state index is -0.816. The van der Waals surface area contributed by atoms with Gasteiger partial charge in [-0.15, -0.1) is 0 Å². The van der Waals surface area contributed by atoms with Crippen molar-refractivity contribution in [1.29, 1.82) is 0 Å². The summed E-state index contributed by atoms with van der Waals surface area (Å²) in [6.45, 7) is 3.57. The van der Waals surface area contributed by atoms with E-state index in [2.05, 4.69) is 26.7 Å². The second-order valence-electron chi connectivity index (χ2n) is 1.85. The van der Waals surface area contributed by atoms with Gasteiger partial charge in [0.15, 0.2) is 0 Å². The quantitative estimate of drug-likeness (QED) is 0.601. The lowest BCUT2D eigenvalue weighted by molar-refractivity contribution is 0.118. The summed E-state index contributed by atoms with van der Waals surface area (Å²) < 4.78 is 0. The molecule has 0 spiro atoms. The van der Waals surface area contributed by atoms with E-state index in [9.17, 15) is 0 Å². The molecule has 0 bridgehead atoms. The predicted octanol–water partition coefficient (Wildman–Crippen LogP) is 1.50. The van der Waals surface area contributed by atoms with Crippen molar-refractivity contribution in [3.63, 3.8) is 0 Å². The smallest absolute Gasteiger partial charge is 0.123 e. The van der Waals surface area contributed by atoms with Gasteiger partial charge in [-0.3, -0.25) is 0 Å². The molecular weight excluding hydrogens is 168 g/mol. The summed E-state index contributed by atoms with van der Waals surface area (Å²) in [6, 6.07) is 0. The Morgan fingerprint density at radius 3 is 2.38 bits per heavy atom. The van der Waals surface area contributed by atoms with E-state index in [-0.39, 0.29) is 0 Å². The molecule has 0 heterocycles. The number of halogens is 1. The third-order valence-electron chi connectivity index (χ3n) is 1.00. The van der Waals surface area contributed by atoms with Crippen LogP contribution in [0.2, 0.25) is 0 Å². The molecule has 1 atom stereocenters. The van der Waals surface area contributed by atoms with Gasteiger partial charge in [-0.05, 0) is 18.2 Å². The topological polar surface area (TPSA) is 20.2 Å². The third kappa shape index (κ3) is 3.06. The first-order chi connectivity index (χ1) is 3.62. The Labute approximate surface area is 58.2 Å². The van der Waals surface area contributed by atoms with E-state index in [0.29, 0.717) is 6.42 Å². The monoisotopic (exact) mass is 176 g/mol. The highest BCUT2D eigenvalue weighted by Crippen LogP contribution is 2.05. The molecule has 0 aromatic heterocycles. The van der Waals surface area contributed by atoms with Crippen molar-refractivity contribution in [2.45, 2.75) is 25.9 Å². The molecule has 0 aromatic rings. The summed E-state index contributed by atoms with van der Waals surface area (Å²) in [4.78, 5) is 2.47. The first-order valence-corrected chi connectivity index (χ1v) is 3.27. The zero-order valence-electron chi connectivity index (χ0n) is 5.03. The van der Waals surface area contributed by atoms with Crippen molar-refractivity contribution in [3.05, 3.63) is 0 Å². The first-order valence-electron chi connectivity index (χ1n) is 2.47. The van der Waals surface area contributed by atoms with Gasteiger partial charge in [-0.2, -0.15) is 0 Å². The van der Waals surface area contributed by atoms with Crippen LogP contribution in [0.5, 0.6) is 0 Å². The van der Waals surface area contributed by atoms with E-state index >= 15 is 0 Å². The van der Waals surface area contributed by atoms with E-state index in [4.69, 9.17) is 5.11 Å². The first kappa shape index (κ1) is 8.00. The van der Waals surface area contributed by atoms with Gasteiger partial charge >= 0.3 is 0 Å². The SMILES string of the molecule is CCC(C)(O)C#CBr. The zero-order valence-corrected chi connectivity index (χ0v) is 6.62. The normalized spacial score (nSPS) is 16.0. The van der Waals surface area contributed by atoms with Crippen LogP contribution in [0.25, 0.3) is 0 Å². The van der Waals surface area contributed by atoms with E-state index in [1.807, 2.05) is 6.92 Å². The highest BCUT2D eigenvalue weighted by atomic mass is 79.9. The molecule has 0 amide bonds. The maximum Gasteiger partial charge on any atom is 0.123 e. The van der Waals surface area contributed by atoms with Crippen LogP contribution in [0.4, 0.5) is 0 Å². The number of rotatable bonds is 1. The minimum absolute atomic E-state index is 0.658. The fourth-order valence-electron chi connectivity index (χ4n) is 0.190. The van der Waals surface area contributed by atoms with Gasteiger partial charge < -0.3 is 5.11 Å². The van der Waals surface area contributed by atoms with Crippen LogP contribution in [0, 0.1) is 10.8 Å². The Balaban J connectivity index is 3.85. The summed E-state index contributed by atoms with van der Waals surface area (Å²) in [7, 11) is 0. The predicted molar refractivity (Wildman–Crippen MR) is 37.6 cm³/mol. The van der Waals surface area contributed by atoms with Crippen LogP contribution in [0.15, 0.2) is 0 Å². The van der Waals surface area contributed by atoms with Crippen molar-refractivity contribution in [2.24, 2.45) is 0 Å². The molecule has 0 aromatic carbocycles. The van der Waals surface area contributed by atoms with Crippen molar-refractivity contribution in [2.75, 3.05) is 0 Å². The second kappa shape index (κ2) is 3.11. The summed E-state index contributed by atoms with van der Waals surface area (Å²) in [5, 5.41) is 9.12. The Hall–Kier alpha value is 0. The highest BCUT2D eigenvalue weighted by Gasteiger charge is 2.11. The standard InChI is InChI=1S/C6H9BrO/c1-3-6(2,8)4-5-7/h8H,3H2,1-2H3. The second-order valence-corrected chi connectivity index (χ2v) is 2.24. The molecule has 46 valence electrons. The molecule has 0 aliphatic heterocycles. The molecule has 1 unspecified atom stereocenters. The summed E-state index contributed by atoms with van der Waals surface area (Å²) in [5.41, 5.74) is -0.816. The molecule has 0 radical (unpaired) electrons. The molecule has 1 N–H and O–H groups in total. The van der Waals surface area contributed by atoms with Gasteiger partial charge in [0.1, 0.15) is 5.60 Å². The van der Waals surface area contributed by atoms with Gasteiger partial charge in [-0.1, -0.05) is 12.8 Å². The van der Waals surface area contributed by atoms with E-state index in [0.717, 1.165) is 0 Å². The van der Waals surface area contributed by atoms with Crippen LogP contribution in [0.1, 0.15) is 20.3 Å². The van der Waals surface area contributed by atoms with Crippen molar-refractivity contribution < 1.29 is 5.11 Å².